The molecule has 1 fully saturated rings. The summed E-state index contributed by atoms with van der Waals surface area (Å²) in [6.07, 6.45) is 1.93. The molecule has 27 heavy (non-hydrogen) atoms. The second kappa shape index (κ2) is 7.48. The van der Waals surface area contributed by atoms with E-state index in [9.17, 15) is 13.2 Å². The van der Waals surface area contributed by atoms with Crippen LogP contribution in [0.4, 0.5) is 0 Å². The molecule has 2 heterocycles. The van der Waals surface area contributed by atoms with Crippen LogP contribution in [0.25, 0.3) is 0 Å². The van der Waals surface area contributed by atoms with Gasteiger partial charge in [0.25, 0.3) is 5.91 Å². The molecular formula is C20H27N3O3S. The molecule has 0 bridgehead atoms. The Labute approximate surface area is 161 Å². The molecule has 1 aromatic heterocycles. The number of nitrogens with zero attached hydrogens (tertiary/aromatic N) is 3. The molecule has 2 aromatic rings. The number of sulfonamides is 1. The fourth-order valence-corrected chi connectivity index (χ4v) is 5.28. The fraction of sp³-hybridized carbons (Fsp3) is 0.450. The van der Waals surface area contributed by atoms with Gasteiger partial charge in [-0.1, -0.05) is 30.3 Å². The standard InChI is InChI=1S/C20H27N3O3S/c1-15-18(20(24)23-12-8-9-13-23)19(16(2)22(15)4)27(25,26)21(3)14-17-10-6-5-7-11-17/h5-7,10-11H,8-9,12-14H2,1-4H3. The van der Waals surface area contributed by atoms with Crippen molar-refractivity contribution in [3.8, 4) is 0 Å². The molecule has 1 aromatic carbocycles. The lowest BCUT2D eigenvalue weighted by Gasteiger charge is -2.20. The fourth-order valence-electron chi connectivity index (χ4n) is 3.64. The number of amides is 1. The first-order valence-electron chi connectivity index (χ1n) is 9.20. The van der Waals surface area contributed by atoms with Crippen molar-refractivity contribution >= 4 is 15.9 Å². The average molecular weight is 390 g/mol. The van der Waals surface area contributed by atoms with Gasteiger partial charge < -0.3 is 9.47 Å². The van der Waals surface area contributed by atoms with Crippen LogP contribution in [0.3, 0.4) is 0 Å². The number of carbonyl (C=O) groups is 1. The first-order chi connectivity index (χ1) is 12.7. The van der Waals surface area contributed by atoms with E-state index >= 15 is 0 Å². The molecule has 7 heteroatoms. The number of aromatic nitrogens is 1. The number of carbonyl (C=O) groups excluding carboxylic acids is 1. The second-order valence-corrected chi connectivity index (χ2v) is 9.16. The molecule has 1 saturated heterocycles. The Morgan fingerprint density at radius 1 is 1.07 bits per heavy atom. The summed E-state index contributed by atoms with van der Waals surface area (Å²) in [7, 11) is -0.439. The van der Waals surface area contributed by atoms with Crippen molar-refractivity contribution in [2.24, 2.45) is 7.05 Å². The molecule has 0 atom stereocenters. The highest BCUT2D eigenvalue weighted by Gasteiger charge is 2.35. The van der Waals surface area contributed by atoms with E-state index in [1.807, 2.05) is 44.3 Å². The van der Waals surface area contributed by atoms with Crippen molar-refractivity contribution in [2.45, 2.75) is 38.1 Å². The number of likely N-dealkylation sites (tertiary alicyclic amines) is 1. The maximum absolute atomic E-state index is 13.4. The molecule has 6 nitrogen and oxygen atoms in total. The third-order valence-corrected chi connectivity index (χ3v) is 7.41. The van der Waals surface area contributed by atoms with Crippen molar-refractivity contribution in [3.63, 3.8) is 0 Å². The summed E-state index contributed by atoms with van der Waals surface area (Å²) in [5.41, 5.74) is 2.50. The monoisotopic (exact) mass is 389 g/mol. The molecule has 1 aliphatic heterocycles. The van der Waals surface area contributed by atoms with Crippen LogP contribution in [-0.4, -0.2) is 48.2 Å². The van der Waals surface area contributed by atoms with Crippen LogP contribution in [-0.2, 0) is 23.6 Å². The van der Waals surface area contributed by atoms with Crippen LogP contribution < -0.4 is 0 Å². The smallest absolute Gasteiger partial charge is 0.257 e. The highest BCUT2D eigenvalue weighted by molar-refractivity contribution is 7.89. The molecule has 0 aliphatic carbocycles. The van der Waals surface area contributed by atoms with Gasteiger partial charge in [0.2, 0.25) is 10.0 Å². The largest absolute Gasteiger partial charge is 0.350 e. The van der Waals surface area contributed by atoms with E-state index in [4.69, 9.17) is 0 Å². The lowest BCUT2D eigenvalue weighted by molar-refractivity contribution is 0.0788. The quantitative estimate of drug-likeness (QED) is 0.790. The van der Waals surface area contributed by atoms with E-state index in [0.717, 1.165) is 18.4 Å². The first-order valence-corrected chi connectivity index (χ1v) is 10.6. The minimum atomic E-state index is -3.81. The van der Waals surface area contributed by atoms with E-state index in [-0.39, 0.29) is 17.3 Å². The number of rotatable bonds is 5. The van der Waals surface area contributed by atoms with Gasteiger partial charge in [-0.25, -0.2) is 8.42 Å². The Hall–Kier alpha value is -2.12. The molecule has 0 saturated carbocycles. The minimum Gasteiger partial charge on any atom is -0.350 e. The maximum Gasteiger partial charge on any atom is 0.257 e. The molecule has 146 valence electrons. The highest BCUT2D eigenvalue weighted by atomic mass is 32.2. The minimum absolute atomic E-state index is 0.137. The van der Waals surface area contributed by atoms with Crippen LogP contribution in [0.15, 0.2) is 35.2 Å². The Morgan fingerprint density at radius 3 is 2.26 bits per heavy atom. The van der Waals surface area contributed by atoms with Crippen molar-refractivity contribution in [1.29, 1.82) is 0 Å². The lowest BCUT2D eigenvalue weighted by Crippen LogP contribution is -2.32. The second-order valence-electron chi connectivity index (χ2n) is 7.18. The predicted molar refractivity (Wildman–Crippen MR) is 105 cm³/mol. The van der Waals surface area contributed by atoms with E-state index in [2.05, 4.69) is 0 Å². The zero-order valence-corrected chi connectivity index (χ0v) is 17.2. The average Bonchev–Trinajstić information content (AvgIpc) is 3.25. The summed E-state index contributed by atoms with van der Waals surface area (Å²) in [4.78, 5) is 15.0. The predicted octanol–water partition coefficient (Wildman–Crippen LogP) is 2.70. The normalized spacial score (nSPS) is 14.9. The Balaban J connectivity index is 2.04. The van der Waals surface area contributed by atoms with Crippen LogP contribution >= 0.6 is 0 Å². The van der Waals surface area contributed by atoms with Gasteiger partial charge in [-0.3, -0.25) is 4.79 Å². The Bertz CT molecular complexity index is 943. The van der Waals surface area contributed by atoms with E-state index < -0.39 is 10.0 Å². The van der Waals surface area contributed by atoms with Crippen molar-refractivity contribution in [1.82, 2.24) is 13.8 Å². The molecule has 0 unspecified atom stereocenters. The summed E-state index contributed by atoms with van der Waals surface area (Å²) >= 11 is 0. The molecular weight excluding hydrogens is 362 g/mol. The van der Waals surface area contributed by atoms with Crippen LogP contribution in [0, 0.1) is 13.8 Å². The van der Waals surface area contributed by atoms with Crippen molar-refractivity contribution in [2.75, 3.05) is 20.1 Å². The summed E-state index contributed by atoms with van der Waals surface area (Å²) in [5.74, 6) is -0.180. The van der Waals surface area contributed by atoms with E-state index in [0.29, 0.717) is 30.0 Å². The Kier molecular flexibility index (Phi) is 5.44. The molecule has 0 N–H and O–H groups in total. The topological polar surface area (TPSA) is 62.6 Å². The zero-order chi connectivity index (χ0) is 19.8. The van der Waals surface area contributed by atoms with Crippen molar-refractivity contribution < 1.29 is 13.2 Å². The van der Waals surface area contributed by atoms with E-state index in [1.165, 1.54) is 4.31 Å². The summed E-state index contributed by atoms with van der Waals surface area (Å²) in [6, 6.07) is 9.46. The van der Waals surface area contributed by atoms with Gasteiger partial charge in [0.05, 0.1) is 5.56 Å². The zero-order valence-electron chi connectivity index (χ0n) is 16.4. The van der Waals surface area contributed by atoms with Gasteiger partial charge in [-0.2, -0.15) is 4.31 Å². The first kappa shape index (κ1) is 19.6. The number of hydrogen-bond acceptors (Lipinski definition) is 3. The summed E-state index contributed by atoms with van der Waals surface area (Å²) in [5, 5.41) is 0. The molecule has 1 amide bonds. The third kappa shape index (κ3) is 3.53. The van der Waals surface area contributed by atoms with Crippen LogP contribution in [0.2, 0.25) is 0 Å². The molecule has 1 aliphatic rings. The van der Waals surface area contributed by atoms with Gasteiger partial charge in [0.15, 0.2) is 0 Å². The molecule has 0 spiro atoms. The third-order valence-electron chi connectivity index (χ3n) is 5.45. The van der Waals surface area contributed by atoms with Gasteiger partial charge >= 0.3 is 0 Å². The van der Waals surface area contributed by atoms with Gasteiger partial charge in [-0.15, -0.1) is 0 Å². The van der Waals surface area contributed by atoms with Crippen molar-refractivity contribution in [3.05, 3.63) is 52.8 Å². The summed E-state index contributed by atoms with van der Waals surface area (Å²) < 4.78 is 29.9. The Morgan fingerprint density at radius 2 is 1.67 bits per heavy atom. The maximum atomic E-state index is 13.4. The summed E-state index contributed by atoms with van der Waals surface area (Å²) in [6.45, 7) is 5.20. The van der Waals surface area contributed by atoms with Crippen LogP contribution in [0.1, 0.15) is 40.2 Å². The molecule has 0 radical (unpaired) electrons. The van der Waals surface area contributed by atoms with Gasteiger partial charge in [0.1, 0.15) is 4.90 Å². The number of hydrogen-bond donors (Lipinski definition) is 0. The SMILES string of the molecule is Cc1c(C(=O)N2CCCC2)c(S(=O)(=O)N(C)Cc2ccccc2)c(C)n1C. The van der Waals surface area contributed by atoms with Gasteiger partial charge in [0, 0.05) is 45.1 Å². The van der Waals surface area contributed by atoms with Crippen LogP contribution in [0.5, 0.6) is 0 Å². The highest BCUT2D eigenvalue weighted by Crippen LogP contribution is 2.31. The number of benzene rings is 1. The lowest BCUT2D eigenvalue weighted by atomic mass is 10.2. The molecule has 3 rings (SSSR count). The van der Waals surface area contributed by atoms with E-state index in [1.54, 1.807) is 23.4 Å². The van der Waals surface area contributed by atoms with Gasteiger partial charge in [-0.05, 0) is 32.3 Å².